The third-order valence-electron chi connectivity index (χ3n) is 1.95. The standard InChI is InChI=1S/C11H9F2NO3S/c1-2-16-10(15)9-6(5-14)8(18)4-3-7(9)17-11(12)13/h3-4,11,18H,2H2,1H3. The number of hydrogen-bond acceptors (Lipinski definition) is 5. The Balaban J connectivity index is 3.35. The Kier molecular flexibility index (Phi) is 4.92. The molecule has 1 aromatic rings. The molecule has 0 N–H and O–H groups in total. The molecule has 1 aromatic carbocycles. The molecule has 1 rings (SSSR count). The second-order valence-corrected chi connectivity index (χ2v) is 3.53. The lowest BCUT2D eigenvalue weighted by Crippen LogP contribution is -2.12. The Morgan fingerprint density at radius 1 is 1.56 bits per heavy atom. The van der Waals surface area contributed by atoms with Gasteiger partial charge in [0, 0.05) is 4.90 Å². The second-order valence-electron chi connectivity index (χ2n) is 3.04. The molecule has 96 valence electrons. The van der Waals surface area contributed by atoms with Gasteiger partial charge in [-0.25, -0.2) is 4.79 Å². The van der Waals surface area contributed by atoms with Gasteiger partial charge in [-0.05, 0) is 19.1 Å². The third-order valence-corrected chi connectivity index (χ3v) is 2.33. The first-order valence-corrected chi connectivity index (χ1v) is 5.34. The van der Waals surface area contributed by atoms with Crippen LogP contribution in [0.15, 0.2) is 17.0 Å². The molecular formula is C11H9F2NO3S. The monoisotopic (exact) mass is 273 g/mol. The highest BCUT2D eigenvalue weighted by atomic mass is 32.1. The van der Waals surface area contributed by atoms with Crippen LogP contribution < -0.4 is 4.74 Å². The van der Waals surface area contributed by atoms with E-state index in [9.17, 15) is 13.6 Å². The molecule has 0 bridgehead atoms. The number of benzene rings is 1. The summed E-state index contributed by atoms with van der Waals surface area (Å²) in [7, 11) is 0. The van der Waals surface area contributed by atoms with E-state index in [4.69, 9.17) is 10.00 Å². The van der Waals surface area contributed by atoms with E-state index in [0.717, 1.165) is 6.07 Å². The van der Waals surface area contributed by atoms with Crippen molar-refractivity contribution in [2.45, 2.75) is 18.4 Å². The van der Waals surface area contributed by atoms with Gasteiger partial charge in [-0.2, -0.15) is 14.0 Å². The maximum Gasteiger partial charge on any atom is 0.387 e. The SMILES string of the molecule is CCOC(=O)c1c(OC(F)F)ccc(S)c1C#N. The second kappa shape index (κ2) is 6.21. The molecular weight excluding hydrogens is 264 g/mol. The number of esters is 1. The van der Waals surface area contributed by atoms with Crippen molar-refractivity contribution in [3.8, 4) is 11.8 Å². The van der Waals surface area contributed by atoms with Gasteiger partial charge in [0.15, 0.2) is 0 Å². The molecule has 0 radical (unpaired) electrons. The first-order chi connectivity index (χ1) is 8.51. The predicted molar refractivity (Wildman–Crippen MR) is 61.0 cm³/mol. The van der Waals surface area contributed by atoms with E-state index in [1.54, 1.807) is 13.0 Å². The van der Waals surface area contributed by atoms with E-state index in [2.05, 4.69) is 17.4 Å². The van der Waals surface area contributed by atoms with Gasteiger partial charge >= 0.3 is 12.6 Å². The minimum Gasteiger partial charge on any atom is -0.462 e. The van der Waals surface area contributed by atoms with Crippen molar-refractivity contribution in [2.75, 3.05) is 6.61 Å². The maximum absolute atomic E-state index is 12.2. The van der Waals surface area contributed by atoms with E-state index in [1.807, 2.05) is 0 Å². The van der Waals surface area contributed by atoms with Gasteiger partial charge in [0.25, 0.3) is 0 Å². The van der Waals surface area contributed by atoms with Crippen LogP contribution in [-0.2, 0) is 4.74 Å². The molecule has 7 heteroatoms. The number of alkyl halides is 2. The van der Waals surface area contributed by atoms with Gasteiger partial charge in [0.05, 0.1) is 12.2 Å². The zero-order chi connectivity index (χ0) is 13.7. The number of hydrogen-bond donors (Lipinski definition) is 1. The molecule has 0 atom stereocenters. The van der Waals surface area contributed by atoms with Gasteiger partial charge < -0.3 is 9.47 Å². The number of nitriles is 1. The fraction of sp³-hybridized carbons (Fsp3) is 0.273. The summed E-state index contributed by atoms with van der Waals surface area (Å²) in [6.45, 7) is -1.49. The molecule has 0 unspecified atom stereocenters. The lowest BCUT2D eigenvalue weighted by atomic mass is 10.1. The smallest absolute Gasteiger partial charge is 0.387 e. The van der Waals surface area contributed by atoms with E-state index in [0.29, 0.717) is 0 Å². The Labute approximate surface area is 108 Å². The average molecular weight is 273 g/mol. The normalized spacial score (nSPS) is 10.0. The summed E-state index contributed by atoms with van der Waals surface area (Å²) in [4.78, 5) is 11.8. The summed E-state index contributed by atoms with van der Waals surface area (Å²) in [6.07, 6.45) is 0. The van der Waals surface area contributed by atoms with Crippen LogP contribution in [0.4, 0.5) is 8.78 Å². The van der Waals surface area contributed by atoms with Crippen molar-refractivity contribution >= 4 is 18.6 Å². The molecule has 18 heavy (non-hydrogen) atoms. The Bertz CT molecular complexity index is 500. The van der Waals surface area contributed by atoms with Crippen molar-refractivity contribution in [3.63, 3.8) is 0 Å². The van der Waals surface area contributed by atoms with Gasteiger partial charge in [0.1, 0.15) is 17.4 Å². The van der Waals surface area contributed by atoms with Crippen LogP contribution >= 0.6 is 12.6 Å². The fourth-order valence-electron chi connectivity index (χ4n) is 1.29. The number of nitrogens with zero attached hydrogens (tertiary/aromatic N) is 1. The van der Waals surface area contributed by atoms with Crippen LogP contribution in [0.3, 0.4) is 0 Å². The van der Waals surface area contributed by atoms with Crippen molar-refractivity contribution in [3.05, 3.63) is 23.3 Å². The molecule has 0 aliphatic heterocycles. The Morgan fingerprint density at radius 2 is 2.22 bits per heavy atom. The molecule has 0 heterocycles. The molecule has 4 nitrogen and oxygen atoms in total. The maximum atomic E-state index is 12.2. The number of rotatable bonds is 4. The molecule has 0 saturated carbocycles. The van der Waals surface area contributed by atoms with Crippen LogP contribution in [0.2, 0.25) is 0 Å². The minimum absolute atomic E-state index is 0.0502. The van der Waals surface area contributed by atoms with Crippen LogP contribution in [-0.4, -0.2) is 19.2 Å². The lowest BCUT2D eigenvalue weighted by Gasteiger charge is -2.12. The highest BCUT2D eigenvalue weighted by Gasteiger charge is 2.23. The highest BCUT2D eigenvalue weighted by molar-refractivity contribution is 7.80. The zero-order valence-corrected chi connectivity index (χ0v) is 10.2. The number of carbonyl (C=O) groups is 1. The molecule has 0 saturated heterocycles. The predicted octanol–water partition coefficient (Wildman–Crippen LogP) is 2.63. The summed E-state index contributed by atoms with van der Waals surface area (Å²) in [5.41, 5.74) is -0.498. The van der Waals surface area contributed by atoms with E-state index in [1.165, 1.54) is 6.07 Å². The number of thiol groups is 1. The topological polar surface area (TPSA) is 59.3 Å². The summed E-state index contributed by atoms with van der Waals surface area (Å²) >= 11 is 3.97. The van der Waals surface area contributed by atoms with Crippen LogP contribution in [0, 0.1) is 11.3 Å². The summed E-state index contributed by atoms with van der Waals surface area (Å²) in [6, 6.07) is 4.15. The summed E-state index contributed by atoms with van der Waals surface area (Å²) < 4.78 is 33.3. The Morgan fingerprint density at radius 3 is 2.72 bits per heavy atom. The average Bonchev–Trinajstić information content (AvgIpc) is 2.30. The van der Waals surface area contributed by atoms with Crippen LogP contribution in [0.25, 0.3) is 0 Å². The summed E-state index contributed by atoms with van der Waals surface area (Å²) in [5, 5.41) is 8.93. The molecule has 0 aliphatic rings. The summed E-state index contributed by atoms with van der Waals surface area (Å²) in [5.74, 6) is -1.31. The zero-order valence-electron chi connectivity index (χ0n) is 9.31. The Hall–Kier alpha value is -1.81. The lowest BCUT2D eigenvalue weighted by molar-refractivity contribution is -0.0505. The van der Waals surface area contributed by atoms with Gasteiger partial charge in [-0.3, -0.25) is 0 Å². The minimum atomic E-state index is -3.10. The van der Waals surface area contributed by atoms with Crippen molar-refractivity contribution in [1.82, 2.24) is 0 Å². The number of ether oxygens (including phenoxy) is 2. The fourth-order valence-corrected chi connectivity index (χ4v) is 1.52. The molecule has 0 aromatic heterocycles. The third kappa shape index (κ3) is 3.11. The molecule has 0 spiro atoms. The van der Waals surface area contributed by atoms with E-state index in [-0.39, 0.29) is 22.6 Å². The van der Waals surface area contributed by atoms with Crippen LogP contribution in [0.1, 0.15) is 22.8 Å². The number of carbonyl (C=O) groups excluding carboxylic acids is 1. The van der Waals surface area contributed by atoms with E-state index >= 15 is 0 Å². The van der Waals surface area contributed by atoms with Gasteiger partial charge in [-0.1, -0.05) is 0 Å². The largest absolute Gasteiger partial charge is 0.462 e. The quantitative estimate of drug-likeness (QED) is 0.676. The van der Waals surface area contributed by atoms with Gasteiger partial charge in [-0.15, -0.1) is 12.6 Å². The molecule has 0 amide bonds. The van der Waals surface area contributed by atoms with Crippen LogP contribution in [0.5, 0.6) is 5.75 Å². The van der Waals surface area contributed by atoms with E-state index < -0.39 is 18.3 Å². The first-order valence-electron chi connectivity index (χ1n) is 4.89. The highest BCUT2D eigenvalue weighted by Crippen LogP contribution is 2.29. The molecule has 0 aliphatic carbocycles. The van der Waals surface area contributed by atoms with Crippen molar-refractivity contribution in [2.24, 2.45) is 0 Å². The number of halogens is 2. The van der Waals surface area contributed by atoms with Crippen molar-refractivity contribution < 1.29 is 23.0 Å². The molecule has 0 fully saturated rings. The first kappa shape index (κ1) is 14.3. The van der Waals surface area contributed by atoms with Crippen molar-refractivity contribution in [1.29, 1.82) is 5.26 Å². The van der Waals surface area contributed by atoms with Gasteiger partial charge in [0.2, 0.25) is 0 Å².